The maximum atomic E-state index is 12.8. The number of carbonyl (C=O) groups is 1. The molecule has 0 aliphatic rings. The molecule has 0 saturated carbocycles. The summed E-state index contributed by atoms with van der Waals surface area (Å²) in [7, 11) is -3.76. The van der Waals surface area contributed by atoms with Gasteiger partial charge in [-0.25, -0.2) is 13.1 Å². The van der Waals surface area contributed by atoms with Gasteiger partial charge < -0.3 is 9.32 Å². The summed E-state index contributed by atoms with van der Waals surface area (Å²) in [6.07, 6.45) is -3.29. The van der Waals surface area contributed by atoms with Gasteiger partial charge >= 0.3 is 6.18 Å². The van der Waals surface area contributed by atoms with Gasteiger partial charge in [0.1, 0.15) is 12.3 Å². The van der Waals surface area contributed by atoms with Crippen molar-refractivity contribution in [3.63, 3.8) is 0 Å². The van der Waals surface area contributed by atoms with Crippen LogP contribution in [0.25, 0.3) is 0 Å². The van der Waals surface area contributed by atoms with Crippen LogP contribution < -0.4 is 4.72 Å². The molecule has 0 bridgehead atoms. The molecule has 1 aromatic heterocycles. The van der Waals surface area contributed by atoms with E-state index in [9.17, 15) is 26.4 Å². The Morgan fingerprint density at radius 1 is 1.19 bits per heavy atom. The van der Waals surface area contributed by atoms with Crippen LogP contribution in [0.3, 0.4) is 0 Å². The average Bonchev–Trinajstić information content (AvgIpc) is 3.04. The first-order chi connectivity index (χ1) is 12.5. The lowest BCUT2D eigenvalue weighted by Crippen LogP contribution is -2.38. The number of benzene rings is 1. The van der Waals surface area contributed by atoms with Gasteiger partial charge in [0, 0.05) is 11.6 Å². The smallest absolute Gasteiger partial charge is 0.406 e. The first-order valence-corrected chi connectivity index (χ1v) is 9.47. The summed E-state index contributed by atoms with van der Waals surface area (Å²) in [6.45, 7) is 1.49. The Morgan fingerprint density at radius 3 is 2.30 bits per heavy atom. The van der Waals surface area contributed by atoms with Gasteiger partial charge in [0.2, 0.25) is 10.0 Å². The molecule has 0 radical (unpaired) electrons. The van der Waals surface area contributed by atoms with Crippen LogP contribution in [-0.4, -0.2) is 38.0 Å². The number of hydrogen-bond acceptors (Lipinski definition) is 4. The van der Waals surface area contributed by atoms with E-state index in [1.807, 2.05) is 0 Å². The number of halogens is 3. The molecule has 27 heavy (non-hydrogen) atoms. The van der Waals surface area contributed by atoms with E-state index in [0.717, 1.165) is 0 Å². The molecule has 0 fully saturated rings. The molecule has 148 valence electrons. The molecule has 0 unspecified atom stereocenters. The molecule has 2 rings (SSSR count). The molecule has 0 aliphatic heterocycles. The minimum atomic E-state index is -4.59. The topological polar surface area (TPSA) is 79.6 Å². The Bertz CT molecular complexity index is 861. The van der Waals surface area contributed by atoms with E-state index in [1.54, 1.807) is 13.8 Å². The van der Waals surface area contributed by atoms with Crippen molar-refractivity contribution in [2.24, 2.45) is 0 Å². The van der Waals surface area contributed by atoms with Crippen molar-refractivity contribution in [3.05, 3.63) is 54.0 Å². The van der Waals surface area contributed by atoms with Crippen molar-refractivity contribution in [1.29, 1.82) is 0 Å². The lowest BCUT2D eigenvalue weighted by Gasteiger charge is -2.23. The van der Waals surface area contributed by atoms with Crippen molar-refractivity contribution in [2.45, 2.75) is 37.5 Å². The standard InChI is InChI=1S/C17H19F3N2O4S/c1-12(2)21-27(24,25)15-7-5-13(6-8-15)16(23)22(11-17(18,19)20)10-14-4-3-9-26-14/h3-9,12,21H,10-11H2,1-2H3. The van der Waals surface area contributed by atoms with Gasteiger partial charge in [-0.3, -0.25) is 4.79 Å². The number of rotatable bonds is 7. The van der Waals surface area contributed by atoms with Crippen LogP contribution in [0.5, 0.6) is 0 Å². The van der Waals surface area contributed by atoms with Crippen molar-refractivity contribution < 1.29 is 30.8 Å². The summed E-state index contributed by atoms with van der Waals surface area (Å²) in [5, 5.41) is 0. The molecule has 1 N–H and O–H groups in total. The third kappa shape index (κ3) is 6.10. The van der Waals surface area contributed by atoms with Gasteiger partial charge in [-0.1, -0.05) is 0 Å². The van der Waals surface area contributed by atoms with E-state index in [2.05, 4.69) is 4.72 Å². The number of carbonyl (C=O) groups excluding carboxylic acids is 1. The van der Waals surface area contributed by atoms with Crippen molar-refractivity contribution in [2.75, 3.05) is 6.54 Å². The second-order valence-electron chi connectivity index (χ2n) is 6.16. The predicted octanol–water partition coefficient (Wildman–Crippen LogP) is 3.17. The fourth-order valence-corrected chi connectivity index (χ4v) is 3.60. The zero-order chi connectivity index (χ0) is 20.2. The maximum Gasteiger partial charge on any atom is 0.406 e. The van der Waals surface area contributed by atoms with Gasteiger partial charge in [0.15, 0.2) is 0 Å². The molecule has 6 nitrogen and oxygen atoms in total. The number of nitrogens with zero attached hydrogens (tertiary/aromatic N) is 1. The fraction of sp³-hybridized carbons (Fsp3) is 0.353. The Labute approximate surface area is 155 Å². The van der Waals surface area contributed by atoms with Gasteiger partial charge in [0.05, 0.1) is 17.7 Å². The molecule has 0 aliphatic carbocycles. The largest absolute Gasteiger partial charge is 0.467 e. The summed E-state index contributed by atoms with van der Waals surface area (Å²) in [6, 6.07) is 7.36. The van der Waals surface area contributed by atoms with Crippen LogP contribution in [0.1, 0.15) is 30.0 Å². The number of sulfonamides is 1. The maximum absolute atomic E-state index is 12.8. The Hall–Kier alpha value is -2.33. The normalized spacial score (nSPS) is 12.4. The first kappa shape index (κ1) is 21.0. The average molecular weight is 404 g/mol. The minimum Gasteiger partial charge on any atom is -0.467 e. The van der Waals surface area contributed by atoms with Crippen LogP contribution >= 0.6 is 0 Å². The van der Waals surface area contributed by atoms with Gasteiger partial charge in [-0.15, -0.1) is 0 Å². The van der Waals surface area contributed by atoms with E-state index in [0.29, 0.717) is 4.90 Å². The molecule has 1 amide bonds. The quantitative estimate of drug-likeness (QED) is 0.769. The predicted molar refractivity (Wildman–Crippen MR) is 91.4 cm³/mol. The van der Waals surface area contributed by atoms with E-state index < -0.39 is 28.7 Å². The van der Waals surface area contributed by atoms with Crippen LogP contribution in [0.2, 0.25) is 0 Å². The summed E-state index contributed by atoms with van der Waals surface area (Å²) in [4.78, 5) is 13.0. The molecule has 1 heterocycles. The van der Waals surface area contributed by atoms with Crippen LogP contribution in [0.4, 0.5) is 13.2 Å². The number of furan rings is 1. The van der Waals surface area contributed by atoms with Crippen molar-refractivity contribution >= 4 is 15.9 Å². The van der Waals surface area contributed by atoms with Gasteiger partial charge in [-0.05, 0) is 50.2 Å². The van der Waals surface area contributed by atoms with E-state index >= 15 is 0 Å². The van der Waals surface area contributed by atoms with Crippen LogP contribution in [0.15, 0.2) is 52.0 Å². The van der Waals surface area contributed by atoms with Gasteiger partial charge in [-0.2, -0.15) is 13.2 Å². The molecule has 0 saturated heterocycles. The Morgan fingerprint density at radius 2 is 1.81 bits per heavy atom. The lowest BCUT2D eigenvalue weighted by atomic mass is 10.2. The molecular weight excluding hydrogens is 385 g/mol. The van der Waals surface area contributed by atoms with Crippen LogP contribution in [0, 0.1) is 0 Å². The Kier molecular flexibility index (Phi) is 6.32. The van der Waals surface area contributed by atoms with E-state index in [4.69, 9.17) is 4.42 Å². The highest BCUT2D eigenvalue weighted by Crippen LogP contribution is 2.21. The minimum absolute atomic E-state index is 0.0608. The van der Waals surface area contributed by atoms with Crippen molar-refractivity contribution in [3.8, 4) is 0 Å². The number of hydrogen-bond donors (Lipinski definition) is 1. The molecule has 0 atom stereocenters. The summed E-state index contributed by atoms with van der Waals surface area (Å²) < 4.78 is 70.1. The van der Waals surface area contributed by atoms with E-state index in [1.165, 1.54) is 42.7 Å². The third-order valence-electron chi connectivity index (χ3n) is 3.39. The third-order valence-corrected chi connectivity index (χ3v) is 5.06. The fourth-order valence-electron chi connectivity index (χ4n) is 2.34. The first-order valence-electron chi connectivity index (χ1n) is 7.99. The highest BCUT2D eigenvalue weighted by molar-refractivity contribution is 7.89. The molecule has 2 aromatic rings. The zero-order valence-corrected chi connectivity index (χ0v) is 15.5. The highest BCUT2D eigenvalue weighted by atomic mass is 32.2. The monoisotopic (exact) mass is 404 g/mol. The Balaban J connectivity index is 2.24. The highest BCUT2D eigenvalue weighted by Gasteiger charge is 2.34. The molecule has 10 heteroatoms. The molecular formula is C17H19F3N2O4S. The van der Waals surface area contributed by atoms with Crippen molar-refractivity contribution in [1.82, 2.24) is 9.62 Å². The van der Waals surface area contributed by atoms with E-state index in [-0.39, 0.29) is 28.8 Å². The SMILES string of the molecule is CC(C)NS(=O)(=O)c1ccc(C(=O)N(Cc2ccco2)CC(F)(F)F)cc1. The van der Waals surface area contributed by atoms with Gasteiger partial charge in [0.25, 0.3) is 5.91 Å². The number of amides is 1. The second kappa shape index (κ2) is 8.13. The lowest BCUT2D eigenvalue weighted by molar-refractivity contribution is -0.142. The molecule has 1 aromatic carbocycles. The number of nitrogens with one attached hydrogen (secondary N) is 1. The summed E-state index contributed by atoms with van der Waals surface area (Å²) >= 11 is 0. The zero-order valence-electron chi connectivity index (χ0n) is 14.7. The summed E-state index contributed by atoms with van der Waals surface area (Å²) in [5.74, 6) is -0.683. The van der Waals surface area contributed by atoms with Crippen LogP contribution in [-0.2, 0) is 16.6 Å². The molecule has 0 spiro atoms. The second-order valence-corrected chi connectivity index (χ2v) is 7.87. The summed E-state index contributed by atoms with van der Waals surface area (Å²) in [5.41, 5.74) is -0.0608. The number of alkyl halides is 3.